The SMILES string of the molecule is CC(C)COC(=O)Nc1cccc(NCc2nnnn2-c2ccc(S(C)(=O)=O)cc2)c1. The lowest BCUT2D eigenvalue weighted by Crippen LogP contribution is -2.16. The molecule has 0 aliphatic heterocycles. The fourth-order valence-electron chi connectivity index (χ4n) is 2.64. The van der Waals surface area contributed by atoms with Gasteiger partial charge in [-0.15, -0.1) is 5.10 Å². The van der Waals surface area contributed by atoms with E-state index in [1.807, 2.05) is 19.9 Å². The number of aromatic nitrogens is 4. The maximum Gasteiger partial charge on any atom is 0.411 e. The molecule has 0 radical (unpaired) electrons. The van der Waals surface area contributed by atoms with Gasteiger partial charge in [-0.3, -0.25) is 5.32 Å². The van der Waals surface area contributed by atoms with Crippen LogP contribution >= 0.6 is 0 Å². The first-order valence-electron chi connectivity index (χ1n) is 9.58. The third kappa shape index (κ3) is 6.25. The number of carbonyl (C=O) groups excluding carboxylic acids is 1. The zero-order valence-electron chi connectivity index (χ0n) is 17.4. The number of amides is 1. The summed E-state index contributed by atoms with van der Waals surface area (Å²) in [4.78, 5) is 12.1. The van der Waals surface area contributed by atoms with Crippen molar-refractivity contribution in [3.8, 4) is 5.69 Å². The number of anilines is 2. The summed E-state index contributed by atoms with van der Waals surface area (Å²) in [6.07, 6.45) is 0.647. The Morgan fingerprint density at radius 2 is 1.84 bits per heavy atom. The van der Waals surface area contributed by atoms with Crippen LogP contribution in [0.4, 0.5) is 16.2 Å². The Morgan fingerprint density at radius 3 is 2.52 bits per heavy atom. The van der Waals surface area contributed by atoms with E-state index in [9.17, 15) is 13.2 Å². The third-order valence-corrected chi connectivity index (χ3v) is 5.28. The minimum atomic E-state index is -3.28. The predicted molar refractivity (Wildman–Crippen MR) is 116 cm³/mol. The molecule has 3 rings (SSSR count). The lowest BCUT2D eigenvalue weighted by Gasteiger charge is -2.11. The largest absolute Gasteiger partial charge is 0.449 e. The topological polar surface area (TPSA) is 128 Å². The van der Waals surface area contributed by atoms with Crippen molar-refractivity contribution >= 4 is 27.3 Å². The molecule has 0 aliphatic carbocycles. The van der Waals surface area contributed by atoms with Crippen LogP contribution in [0.15, 0.2) is 53.4 Å². The number of tetrazole rings is 1. The van der Waals surface area contributed by atoms with Gasteiger partial charge in [0.05, 0.1) is 23.7 Å². The summed E-state index contributed by atoms with van der Waals surface area (Å²) < 4.78 is 29.9. The van der Waals surface area contributed by atoms with Crippen molar-refractivity contribution < 1.29 is 17.9 Å². The van der Waals surface area contributed by atoms with Gasteiger partial charge in [0.25, 0.3) is 0 Å². The third-order valence-electron chi connectivity index (χ3n) is 4.15. The Hall–Kier alpha value is -3.47. The second-order valence-electron chi connectivity index (χ2n) is 7.32. The van der Waals surface area contributed by atoms with Crippen molar-refractivity contribution in [1.29, 1.82) is 0 Å². The number of carbonyl (C=O) groups is 1. The van der Waals surface area contributed by atoms with Crippen LogP contribution in [0.5, 0.6) is 0 Å². The van der Waals surface area contributed by atoms with Crippen LogP contribution in [0.3, 0.4) is 0 Å². The van der Waals surface area contributed by atoms with Crippen LogP contribution in [0.2, 0.25) is 0 Å². The summed E-state index contributed by atoms with van der Waals surface area (Å²) in [6.45, 7) is 4.58. The van der Waals surface area contributed by atoms with E-state index in [0.29, 0.717) is 30.4 Å². The van der Waals surface area contributed by atoms with E-state index in [1.54, 1.807) is 30.3 Å². The van der Waals surface area contributed by atoms with Gasteiger partial charge in [0.15, 0.2) is 15.7 Å². The molecule has 2 aromatic carbocycles. The van der Waals surface area contributed by atoms with Gasteiger partial charge in [-0.25, -0.2) is 13.2 Å². The molecule has 31 heavy (non-hydrogen) atoms. The highest BCUT2D eigenvalue weighted by Gasteiger charge is 2.11. The molecular formula is C20H24N6O4S. The zero-order valence-corrected chi connectivity index (χ0v) is 18.3. The fraction of sp³-hybridized carbons (Fsp3) is 0.300. The van der Waals surface area contributed by atoms with Crippen molar-refractivity contribution in [2.45, 2.75) is 25.3 Å². The molecule has 0 fully saturated rings. The monoisotopic (exact) mass is 444 g/mol. The van der Waals surface area contributed by atoms with E-state index in [2.05, 4.69) is 26.2 Å². The van der Waals surface area contributed by atoms with Gasteiger partial charge < -0.3 is 10.1 Å². The Morgan fingerprint density at radius 1 is 1.13 bits per heavy atom. The van der Waals surface area contributed by atoms with Gasteiger partial charge in [-0.2, -0.15) is 4.68 Å². The minimum Gasteiger partial charge on any atom is -0.449 e. The van der Waals surface area contributed by atoms with E-state index in [1.165, 1.54) is 16.8 Å². The molecule has 0 atom stereocenters. The highest BCUT2D eigenvalue weighted by molar-refractivity contribution is 7.90. The van der Waals surface area contributed by atoms with Crippen LogP contribution < -0.4 is 10.6 Å². The first kappa shape index (κ1) is 22.2. The molecule has 0 saturated heterocycles. The second kappa shape index (κ2) is 9.56. The lowest BCUT2D eigenvalue weighted by molar-refractivity contribution is 0.147. The summed E-state index contributed by atoms with van der Waals surface area (Å²) in [5.41, 5.74) is 1.98. The number of nitrogens with zero attached hydrogens (tertiary/aromatic N) is 4. The Balaban J connectivity index is 1.65. The summed E-state index contributed by atoms with van der Waals surface area (Å²) in [6, 6.07) is 13.5. The normalized spacial score (nSPS) is 11.4. The van der Waals surface area contributed by atoms with Gasteiger partial charge >= 0.3 is 6.09 Å². The molecule has 3 aromatic rings. The molecule has 1 aromatic heterocycles. The fourth-order valence-corrected chi connectivity index (χ4v) is 3.27. The van der Waals surface area contributed by atoms with Crippen molar-refractivity contribution in [3.63, 3.8) is 0 Å². The van der Waals surface area contributed by atoms with E-state index in [4.69, 9.17) is 4.74 Å². The van der Waals surface area contributed by atoms with Gasteiger partial charge in [0, 0.05) is 17.6 Å². The maximum atomic E-state index is 11.8. The lowest BCUT2D eigenvalue weighted by atomic mass is 10.2. The van der Waals surface area contributed by atoms with Crippen LogP contribution in [0.1, 0.15) is 19.7 Å². The molecule has 164 valence electrons. The molecule has 0 spiro atoms. The summed E-state index contributed by atoms with van der Waals surface area (Å²) >= 11 is 0. The zero-order chi connectivity index (χ0) is 22.4. The molecule has 2 N–H and O–H groups in total. The minimum absolute atomic E-state index is 0.222. The molecule has 11 heteroatoms. The van der Waals surface area contributed by atoms with Crippen molar-refractivity contribution in [2.24, 2.45) is 5.92 Å². The Labute approximate surface area is 180 Å². The van der Waals surface area contributed by atoms with Gasteiger partial charge in [0.1, 0.15) is 0 Å². The van der Waals surface area contributed by atoms with Crippen molar-refractivity contribution in [3.05, 3.63) is 54.4 Å². The highest BCUT2D eigenvalue weighted by Crippen LogP contribution is 2.17. The summed E-state index contributed by atoms with van der Waals surface area (Å²) in [5.74, 6) is 0.786. The molecule has 0 saturated carbocycles. The number of hydrogen-bond donors (Lipinski definition) is 2. The molecular weight excluding hydrogens is 420 g/mol. The summed E-state index contributed by atoms with van der Waals surface area (Å²) in [5, 5.41) is 17.6. The molecule has 10 nitrogen and oxygen atoms in total. The van der Waals surface area contributed by atoms with E-state index >= 15 is 0 Å². The number of benzene rings is 2. The molecule has 0 aliphatic rings. The average Bonchev–Trinajstić information content (AvgIpc) is 3.19. The molecule has 1 heterocycles. The average molecular weight is 445 g/mol. The second-order valence-corrected chi connectivity index (χ2v) is 9.34. The number of sulfone groups is 1. The standard InChI is InChI=1S/C20H24N6O4S/c1-14(2)13-30-20(27)22-16-6-4-5-15(11-16)21-12-19-23-24-25-26(19)17-7-9-18(10-8-17)31(3,28)29/h4-11,14,21H,12-13H2,1-3H3,(H,22,27). The number of nitrogens with one attached hydrogen (secondary N) is 2. The first-order valence-corrected chi connectivity index (χ1v) is 11.5. The van der Waals surface area contributed by atoms with Crippen molar-refractivity contribution in [2.75, 3.05) is 23.5 Å². The van der Waals surface area contributed by atoms with Crippen molar-refractivity contribution in [1.82, 2.24) is 20.2 Å². The van der Waals surface area contributed by atoms with Gasteiger partial charge in [0.2, 0.25) is 0 Å². The Bertz CT molecular complexity index is 1140. The van der Waals surface area contributed by atoms with E-state index in [-0.39, 0.29) is 10.8 Å². The van der Waals surface area contributed by atoms with E-state index in [0.717, 1.165) is 11.9 Å². The molecule has 0 bridgehead atoms. The predicted octanol–water partition coefficient (Wildman–Crippen LogP) is 2.88. The first-order chi connectivity index (χ1) is 14.7. The smallest absolute Gasteiger partial charge is 0.411 e. The van der Waals surface area contributed by atoms with Crippen LogP contribution in [0, 0.1) is 5.92 Å². The quantitative estimate of drug-likeness (QED) is 0.543. The van der Waals surface area contributed by atoms with Crippen LogP contribution in [-0.4, -0.2) is 47.6 Å². The maximum absolute atomic E-state index is 11.8. The molecule has 0 unspecified atom stereocenters. The van der Waals surface area contributed by atoms with Crippen LogP contribution in [0.25, 0.3) is 5.69 Å². The molecule has 1 amide bonds. The number of hydrogen-bond acceptors (Lipinski definition) is 8. The number of ether oxygens (including phenoxy) is 1. The highest BCUT2D eigenvalue weighted by atomic mass is 32.2. The van der Waals surface area contributed by atoms with E-state index < -0.39 is 15.9 Å². The summed E-state index contributed by atoms with van der Waals surface area (Å²) in [7, 11) is -3.28. The Kier molecular flexibility index (Phi) is 6.85. The van der Waals surface area contributed by atoms with Gasteiger partial charge in [-0.1, -0.05) is 19.9 Å². The van der Waals surface area contributed by atoms with Gasteiger partial charge in [-0.05, 0) is 58.8 Å². The number of rotatable bonds is 8. The van der Waals surface area contributed by atoms with Crippen LogP contribution in [-0.2, 0) is 21.1 Å².